The third kappa shape index (κ3) is 3.94. The number of carbonyl (C=O) groups excluding carboxylic acids is 1. The van der Waals surface area contributed by atoms with E-state index in [1.54, 1.807) is 28.0 Å². The molecule has 0 radical (unpaired) electrons. The minimum Gasteiger partial charge on any atom is -0.325 e. The Kier molecular flexibility index (Phi) is 5.33. The highest BCUT2D eigenvalue weighted by molar-refractivity contribution is 6.31. The van der Waals surface area contributed by atoms with E-state index in [1.807, 2.05) is 49.6 Å². The number of benzene rings is 1. The molecule has 1 aromatic carbocycles. The average molecular weight is 445 g/mol. The zero-order valence-electron chi connectivity index (χ0n) is 17.5. The number of amides is 1. The highest BCUT2D eigenvalue weighted by Gasteiger charge is 2.26. The molecule has 3 aromatic heterocycles. The lowest BCUT2D eigenvalue weighted by atomic mass is 10.1. The predicted molar refractivity (Wildman–Crippen MR) is 125 cm³/mol. The summed E-state index contributed by atoms with van der Waals surface area (Å²) in [5.74, 6) is 2.31. The number of nitrogens with zero attached hydrogens (tertiary/aromatic N) is 5. The Hall–Kier alpha value is -3.71. The summed E-state index contributed by atoms with van der Waals surface area (Å²) in [4.78, 5) is 23.7. The zero-order chi connectivity index (χ0) is 22.1. The first kappa shape index (κ1) is 20.2. The van der Waals surface area contributed by atoms with Crippen LogP contribution in [0.2, 0.25) is 5.02 Å². The van der Waals surface area contributed by atoms with Crippen LogP contribution >= 0.6 is 11.6 Å². The number of aromatic nitrogens is 4. The monoisotopic (exact) mass is 444 g/mol. The molecule has 0 spiro atoms. The number of pyridine rings is 2. The summed E-state index contributed by atoms with van der Waals surface area (Å²) in [6.45, 7) is 0.624. The van der Waals surface area contributed by atoms with Crippen LogP contribution in [0.4, 0.5) is 17.5 Å². The highest BCUT2D eigenvalue weighted by Crippen LogP contribution is 2.31. The Morgan fingerprint density at radius 1 is 1.09 bits per heavy atom. The molecule has 0 saturated heterocycles. The van der Waals surface area contributed by atoms with Crippen molar-refractivity contribution >= 4 is 35.0 Å². The largest absolute Gasteiger partial charge is 0.325 e. The number of halogens is 1. The highest BCUT2D eigenvalue weighted by atomic mass is 35.5. The fourth-order valence-corrected chi connectivity index (χ4v) is 4.08. The zero-order valence-corrected chi connectivity index (χ0v) is 18.3. The molecule has 160 valence electrons. The van der Waals surface area contributed by atoms with Crippen molar-refractivity contribution in [3.05, 3.63) is 83.3 Å². The first-order valence-corrected chi connectivity index (χ1v) is 10.7. The number of anilines is 3. The predicted octanol–water partition coefficient (Wildman–Crippen LogP) is 4.41. The molecule has 0 fully saturated rings. The maximum atomic E-state index is 12.9. The lowest BCUT2D eigenvalue weighted by Crippen LogP contribution is -2.31. The third-order valence-electron chi connectivity index (χ3n) is 5.57. The van der Waals surface area contributed by atoms with E-state index < -0.39 is 0 Å². The van der Waals surface area contributed by atoms with Gasteiger partial charge in [0, 0.05) is 42.6 Å². The van der Waals surface area contributed by atoms with Gasteiger partial charge in [0.2, 0.25) is 5.91 Å². The normalized spacial score (nSPS) is 12.6. The number of carbonyl (C=O) groups is 1. The van der Waals surface area contributed by atoms with Crippen molar-refractivity contribution in [2.75, 3.05) is 16.8 Å². The fraction of sp³-hybridized carbons (Fsp3) is 0.167. The lowest BCUT2D eigenvalue weighted by molar-refractivity contribution is -0.117. The van der Waals surface area contributed by atoms with E-state index in [9.17, 15) is 4.79 Å². The van der Waals surface area contributed by atoms with Gasteiger partial charge in [-0.2, -0.15) is 5.10 Å². The topological polar surface area (TPSA) is 75.9 Å². The second-order valence-electron chi connectivity index (χ2n) is 7.67. The quantitative estimate of drug-likeness (QED) is 0.493. The molecule has 4 aromatic rings. The molecule has 0 aliphatic carbocycles. The number of rotatable bonds is 5. The van der Waals surface area contributed by atoms with Crippen LogP contribution in [0.15, 0.2) is 67.1 Å². The summed E-state index contributed by atoms with van der Waals surface area (Å²) in [6.07, 6.45) is 6.34. The molecule has 32 heavy (non-hydrogen) atoms. The molecule has 1 N–H and O–H groups in total. The third-order valence-corrected chi connectivity index (χ3v) is 5.94. The van der Waals surface area contributed by atoms with Crippen molar-refractivity contribution in [1.29, 1.82) is 0 Å². The van der Waals surface area contributed by atoms with Crippen LogP contribution in [0, 0.1) is 0 Å². The van der Waals surface area contributed by atoms with Gasteiger partial charge in [0.25, 0.3) is 0 Å². The fourth-order valence-electron chi connectivity index (χ4n) is 3.88. The maximum absolute atomic E-state index is 12.9. The van der Waals surface area contributed by atoms with Crippen molar-refractivity contribution < 1.29 is 4.79 Å². The summed E-state index contributed by atoms with van der Waals surface area (Å²) < 4.78 is 1.75. The first-order chi connectivity index (χ1) is 15.6. The van der Waals surface area contributed by atoms with E-state index in [1.165, 1.54) is 0 Å². The minimum absolute atomic E-state index is 0.00340. The van der Waals surface area contributed by atoms with E-state index in [2.05, 4.69) is 26.4 Å². The van der Waals surface area contributed by atoms with E-state index in [-0.39, 0.29) is 12.3 Å². The molecule has 1 aliphatic heterocycles. The van der Waals surface area contributed by atoms with Crippen LogP contribution in [0.25, 0.3) is 11.1 Å². The van der Waals surface area contributed by atoms with E-state index >= 15 is 0 Å². The van der Waals surface area contributed by atoms with Crippen molar-refractivity contribution in [1.82, 2.24) is 19.7 Å². The Bertz CT molecular complexity index is 1300. The summed E-state index contributed by atoms with van der Waals surface area (Å²) in [6, 6.07) is 15.4. The molecule has 0 unspecified atom stereocenters. The van der Waals surface area contributed by atoms with E-state index in [0.29, 0.717) is 11.6 Å². The van der Waals surface area contributed by atoms with Crippen LogP contribution in [0.5, 0.6) is 0 Å². The van der Waals surface area contributed by atoms with Gasteiger partial charge in [-0.15, -0.1) is 0 Å². The van der Waals surface area contributed by atoms with E-state index in [0.717, 1.165) is 46.1 Å². The molecule has 7 nitrogen and oxygen atoms in total. The lowest BCUT2D eigenvalue weighted by Gasteiger charge is -2.17. The average Bonchev–Trinajstić information content (AvgIpc) is 3.41. The van der Waals surface area contributed by atoms with Crippen molar-refractivity contribution in [2.45, 2.75) is 12.8 Å². The molecule has 0 bridgehead atoms. The number of aryl methyl sites for hydroxylation is 1. The molecule has 1 aliphatic rings. The molecule has 8 heteroatoms. The van der Waals surface area contributed by atoms with Gasteiger partial charge in [0.15, 0.2) is 0 Å². The van der Waals surface area contributed by atoms with Gasteiger partial charge >= 0.3 is 0 Å². The van der Waals surface area contributed by atoms with Gasteiger partial charge in [-0.05, 0) is 47.4 Å². The molecule has 0 saturated carbocycles. The van der Waals surface area contributed by atoms with Gasteiger partial charge in [-0.1, -0.05) is 29.8 Å². The van der Waals surface area contributed by atoms with Crippen LogP contribution in [0.3, 0.4) is 0 Å². The van der Waals surface area contributed by atoms with E-state index in [4.69, 9.17) is 11.6 Å². The molecular weight excluding hydrogens is 424 g/mol. The van der Waals surface area contributed by atoms with Crippen LogP contribution < -0.4 is 10.2 Å². The molecule has 5 rings (SSSR count). The van der Waals surface area contributed by atoms with Crippen molar-refractivity contribution in [3.8, 4) is 11.1 Å². The Labute approximate surface area is 190 Å². The van der Waals surface area contributed by atoms with Gasteiger partial charge in [-0.3, -0.25) is 14.4 Å². The molecular formula is C24H21ClN6O. The summed E-state index contributed by atoms with van der Waals surface area (Å²) in [5, 5.41) is 8.04. The second kappa shape index (κ2) is 8.43. The smallest absolute Gasteiger partial charge is 0.232 e. The van der Waals surface area contributed by atoms with Crippen molar-refractivity contribution in [3.63, 3.8) is 0 Å². The first-order valence-electron chi connectivity index (χ1n) is 10.3. The number of hydrogen-bond donors (Lipinski definition) is 1. The van der Waals surface area contributed by atoms with Gasteiger partial charge in [0.1, 0.15) is 17.5 Å². The molecule has 1 amide bonds. The summed E-state index contributed by atoms with van der Waals surface area (Å²) in [7, 11) is 1.87. The van der Waals surface area contributed by atoms with Crippen LogP contribution in [0.1, 0.15) is 11.1 Å². The standard InChI is InChI=1S/C24H21ClN6O/c1-30-22(7-10-28-30)29-21-13-16(6-9-26-21)19-12-18-8-11-31(24(18)27-15-19)23(32)14-17-4-2-3-5-20(17)25/h2-7,9-10,12-13,15H,8,11,14H2,1H3,(H,26,29). The SMILES string of the molecule is Cn1nccc1Nc1cc(-c2cnc3c(c2)CCN3C(=O)Cc2ccccc2Cl)ccn1. The van der Waals surface area contributed by atoms with Crippen molar-refractivity contribution in [2.24, 2.45) is 7.05 Å². The maximum Gasteiger partial charge on any atom is 0.232 e. The number of fused-ring (bicyclic) bond motifs is 1. The van der Waals surface area contributed by atoms with Crippen LogP contribution in [-0.2, 0) is 24.7 Å². The van der Waals surface area contributed by atoms with Gasteiger partial charge in [-0.25, -0.2) is 9.97 Å². The summed E-state index contributed by atoms with van der Waals surface area (Å²) in [5.41, 5.74) is 3.88. The second-order valence-corrected chi connectivity index (χ2v) is 8.07. The van der Waals surface area contributed by atoms with Crippen LogP contribution in [-0.4, -0.2) is 32.2 Å². The van der Waals surface area contributed by atoms with Gasteiger partial charge < -0.3 is 5.32 Å². The Morgan fingerprint density at radius 2 is 1.97 bits per heavy atom. The Balaban J connectivity index is 1.36. The van der Waals surface area contributed by atoms with Gasteiger partial charge in [0.05, 0.1) is 12.6 Å². The Morgan fingerprint density at radius 3 is 2.78 bits per heavy atom. The summed E-state index contributed by atoms with van der Waals surface area (Å²) >= 11 is 6.23. The molecule has 4 heterocycles. The number of nitrogens with one attached hydrogen (secondary N) is 1. The minimum atomic E-state index is 0.00340. The molecule has 0 atom stereocenters. The number of hydrogen-bond acceptors (Lipinski definition) is 5.